The first-order valence-corrected chi connectivity index (χ1v) is 4.76. The third-order valence-electron chi connectivity index (χ3n) is 2.03. The van der Waals surface area contributed by atoms with Gasteiger partial charge in [0.25, 0.3) is 0 Å². The van der Waals surface area contributed by atoms with E-state index in [1.165, 1.54) is 24.3 Å². The number of methoxy groups -OCH3 is 2. The van der Waals surface area contributed by atoms with Crippen molar-refractivity contribution in [1.29, 1.82) is 0 Å². The summed E-state index contributed by atoms with van der Waals surface area (Å²) in [5, 5.41) is 2.59. The molecule has 0 aliphatic rings. The highest BCUT2D eigenvalue weighted by Crippen LogP contribution is 2.10. The number of carbonyl (C=O) groups is 2. The van der Waals surface area contributed by atoms with Gasteiger partial charge in [0.15, 0.2) is 0 Å². The zero-order valence-corrected chi connectivity index (χ0v) is 9.40. The average molecular weight is 241 g/mol. The predicted molar refractivity (Wildman–Crippen MR) is 57.8 cm³/mol. The predicted octanol–water partition coefficient (Wildman–Crippen LogP) is 0.952. The summed E-state index contributed by atoms with van der Waals surface area (Å²) in [7, 11) is 2.31. The van der Waals surface area contributed by atoms with E-state index in [4.69, 9.17) is 0 Å². The number of hydrogen-bond acceptors (Lipinski definition) is 5. The summed E-state index contributed by atoms with van der Waals surface area (Å²) in [6, 6.07) is 3.93. The Hall–Kier alpha value is -2.11. The molecule has 1 N–H and O–H groups in total. The van der Waals surface area contributed by atoms with Crippen LogP contribution in [0.15, 0.2) is 24.3 Å². The topological polar surface area (TPSA) is 64.6 Å². The molecule has 92 valence electrons. The molecule has 0 aromatic heterocycles. The minimum absolute atomic E-state index is 0.409. The van der Waals surface area contributed by atoms with Crippen LogP contribution in [0.1, 0.15) is 0 Å². The summed E-state index contributed by atoms with van der Waals surface area (Å²) in [6.07, 6.45) is 0. The fourth-order valence-corrected chi connectivity index (χ4v) is 1.16. The third kappa shape index (κ3) is 3.44. The number of rotatable bonds is 4. The van der Waals surface area contributed by atoms with Crippen molar-refractivity contribution in [3.63, 3.8) is 0 Å². The van der Waals surface area contributed by atoms with E-state index in [1.807, 2.05) is 0 Å². The first kappa shape index (κ1) is 13.0. The second kappa shape index (κ2) is 5.83. The van der Waals surface area contributed by atoms with Crippen molar-refractivity contribution in [3.8, 4) is 0 Å². The number of anilines is 1. The highest BCUT2D eigenvalue weighted by atomic mass is 19.1. The molecule has 1 aromatic rings. The van der Waals surface area contributed by atoms with Gasteiger partial charge in [-0.25, -0.2) is 14.0 Å². The van der Waals surface area contributed by atoms with Gasteiger partial charge in [0.2, 0.25) is 6.04 Å². The molecule has 0 saturated carbocycles. The molecule has 0 aliphatic carbocycles. The average Bonchev–Trinajstić information content (AvgIpc) is 2.36. The monoisotopic (exact) mass is 241 g/mol. The van der Waals surface area contributed by atoms with Crippen molar-refractivity contribution in [2.45, 2.75) is 6.04 Å². The van der Waals surface area contributed by atoms with E-state index in [0.717, 1.165) is 14.2 Å². The molecule has 0 bridgehead atoms. The van der Waals surface area contributed by atoms with Crippen LogP contribution < -0.4 is 5.32 Å². The summed E-state index contributed by atoms with van der Waals surface area (Å²) >= 11 is 0. The maximum atomic E-state index is 12.7. The van der Waals surface area contributed by atoms with Gasteiger partial charge in [-0.15, -0.1) is 0 Å². The molecule has 0 unspecified atom stereocenters. The maximum absolute atomic E-state index is 12.7. The fraction of sp³-hybridized carbons (Fsp3) is 0.273. The van der Waals surface area contributed by atoms with Crippen LogP contribution in [0.2, 0.25) is 0 Å². The number of carbonyl (C=O) groups excluding carboxylic acids is 2. The van der Waals surface area contributed by atoms with Crippen LogP contribution >= 0.6 is 0 Å². The summed E-state index contributed by atoms with van der Waals surface area (Å²) in [5.74, 6) is -1.97. The van der Waals surface area contributed by atoms with Gasteiger partial charge in [0.1, 0.15) is 5.82 Å². The Kier molecular flexibility index (Phi) is 4.45. The number of esters is 2. The Morgan fingerprint density at radius 3 is 2.00 bits per heavy atom. The molecule has 6 heteroatoms. The molecule has 1 aromatic carbocycles. The fourth-order valence-electron chi connectivity index (χ4n) is 1.16. The molecular weight excluding hydrogens is 229 g/mol. The largest absolute Gasteiger partial charge is 0.467 e. The van der Waals surface area contributed by atoms with E-state index in [9.17, 15) is 14.0 Å². The minimum Gasteiger partial charge on any atom is -0.467 e. The van der Waals surface area contributed by atoms with Gasteiger partial charge in [-0.2, -0.15) is 0 Å². The lowest BCUT2D eigenvalue weighted by Crippen LogP contribution is -2.39. The third-order valence-corrected chi connectivity index (χ3v) is 2.03. The second-order valence-electron chi connectivity index (χ2n) is 3.13. The summed E-state index contributed by atoms with van der Waals surface area (Å²) in [4.78, 5) is 22.6. The Bertz CT molecular complexity index is 388. The van der Waals surface area contributed by atoms with Crippen LogP contribution in [0.5, 0.6) is 0 Å². The molecule has 17 heavy (non-hydrogen) atoms. The Balaban J connectivity index is 2.82. The first-order valence-electron chi connectivity index (χ1n) is 4.76. The van der Waals surface area contributed by atoms with Gasteiger partial charge in [0.05, 0.1) is 14.2 Å². The number of benzene rings is 1. The molecule has 0 fully saturated rings. The molecular formula is C11H12FNO4. The number of nitrogens with one attached hydrogen (secondary N) is 1. The molecule has 0 spiro atoms. The number of hydrogen-bond donors (Lipinski definition) is 1. The molecule has 0 atom stereocenters. The minimum atomic E-state index is -1.27. The molecule has 0 saturated heterocycles. The zero-order valence-electron chi connectivity index (χ0n) is 9.40. The zero-order chi connectivity index (χ0) is 12.8. The quantitative estimate of drug-likeness (QED) is 0.628. The van der Waals surface area contributed by atoms with Crippen LogP contribution in [0.3, 0.4) is 0 Å². The first-order chi connectivity index (χ1) is 8.08. The van der Waals surface area contributed by atoms with Crippen molar-refractivity contribution < 1.29 is 23.5 Å². The Labute approximate surface area is 97.5 Å². The highest BCUT2D eigenvalue weighted by Gasteiger charge is 2.28. The van der Waals surface area contributed by atoms with Gasteiger partial charge < -0.3 is 14.8 Å². The lowest BCUT2D eigenvalue weighted by Gasteiger charge is -2.15. The second-order valence-corrected chi connectivity index (χ2v) is 3.13. The van der Waals surface area contributed by atoms with Crippen LogP contribution in [0.25, 0.3) is 0 Å². The van der Waals surface area contributed by atoms with Gasteiger partial charge in [-0.3, -0.25) is 0 Å². The Morgan fingerprint density at radius 1 is 1.12 bits per heavy atom. The van der Waals surface area contributed by atoms with Gasteiger partial charge in [-0.05, 0) is 24.3 Å². The van der Waals surface area contributed by atoms with E-state index < -0.39 is 23.8 Å². The highest BCUT2D eigenvalue weighted by molar-refractivity contribution is 6.01. The van der Waals surface area contributed by atoms with Gasteiger partial charge >= 0.3 is 11.9 Å². The normalized spacial score (nSPS) is 9.88. The standard InChI is InChI=1S/C11H12FNO4/c1-16-10(14)9(11(15)17-2)13-8-5-3-7(12)4-6-8/h3-6,9,13H,1-2H3. The van der Waals surface area contributed by atoms with Crippen molar-refractivity contribution in [1.82, 2.24) is 0 Å². The summed E-state index contributed by atoms with van der Waals surface area (Å²) in [5.41, 5.74) is 0.409. The van der Waals surface area contributed by atoms with E-state index in [2.05, 4.69) is 14.8 Å². The summed E-state index contributed by atoms with van der Waals surface area (Å²) < 4.78 is 21.6. The van der Waals surface area contributed by atoms with E-state index >= 15 is 0 Å². The number of ether oxygens (including phenoxy) is 2. The maximum Gasteiger partial charge on any atom is 0.340 e. The van der Waals surface area contributed by atoms with Gasteiger partial charge in [0, 0.05) is 5.69 Å². The smallest absolute Gasteiger partial charge is 0.340 e. The Morgan fingerprint density at radius 2 is 1.59 bits per heavy atom. The lowest BCUT2D eigenvalue weighted by molar-refractivity contribution is -0.152. The van der Waals surface area contributed by atoms with Crippen LogP contribution in [0, 0.1) is 5.82 Å². The van der Waals surface area contributed by atoms with Crippen molar-refractivity contribution in [2.75, 3.05) is 19.5 Å². The van der Waals surface area contributed by atoms with E-state index in [1.54, 1.807) is 0 Å². The molecule has 0 aliphatic heterocycles. The van der Waals surface area contributed by atoms with Gasteiger partial charge in [-0.1, -0.05) is 0 Å². The number of halogens is 1. The van der Waals surface area contributed by atoms with E-state index in [0.29, 0.717) is 5.69 Å². The van der Waals surface area contributed by atoms with E-state index in [-0.39, 0.29) is 0 Å². The van der Waals surface area contributed by atoms with Crippen LogP contribution in [-0.4, -0.2) is 32.2 Å². The SMILES string of the molecule is COC(=O)C(Nc1ccc(F)cc1)C(=O)OC. The molecule has 0 amide bonds. The van der Waals surface area contributed by atoms with Crippen LogP contribution in [0.4, 0.5) is 10.1 Å². The van der Waals surface area contributed by atoms with Crippen molar-refractivity contribution in [3.05, 3.63) is 30.1 Å². The molecule has 1 rings (SSSR count). The lowest BCUT2D eigenvalue weighted by atomic mass is 10.2. The molecule has 0 radical (unpaired) electrons. The molecule has 5 nitrogen and oxygen atoms in total. The molecule has 0 heterocycles. The summed E-state index contributed by atoms with van der Waals surface area (Å²) in [6.45, 7) is 0. The van der Waals surface area contributed by atoms with Crippen LogP contribution in [-0.2, 0) is 19.1 Å². The van der Waals surface area contributed by atoms with Crippen molar-refractivity contribution in [2.24, 2.45) is 0 Å². The van der Waals surface area contributed by atoms with Crippen molar-refractivity contribution >= 4 is 17.6 Å².